The number of fused-ring (bicyclic) bond motifs is 1. The lowest BCUT2D eigenvalue weighted by Crippen LogP contribution is -1.87. The van der Waals surface area contributed by atoms with Gasteiger partial charge in [-0.05, 0) is 12.6 Å². The van der Waals surface area contributed by atoms with Crippen molar-refractivity contribution < 1.29 is 5.11 Å². The summed E-state index contributed by atoms with van der Waals surface area (Å²) in [5.41, 5.74) is 5.82. The Morgan fingerprint density at radius 1 is 1.38 bits per heavy atom. The molecule has 0 unspecified atom stereocenters. The van der Waals surface area contributed by atoms with Crippen LogP contribution in [0.4, 0.5) is 0 Å². The first-order valence-electron chi connectivity index (χ1n) is 4.24. The van der Waals surface area contributed by atoms with Crippen LogP contribution in [0.1, 0.15) is 6.92 Å². The van der Waals surface area contributed by atoms with Crippen LogP contribution in [0.5, 0.6) is 5.88 Å². The Bertz CT molecular complexity index is 335. The van der Waals surface area contributed by atoms with Gasteiger partial charge in [-0.2, -0.15) is 0 Å². The van der Waals surface area contributed by atoms with Crippen molar-refractivity contribution in [3.63, 3.8) is 0 Å². The van der Waals surface area contributed by atoms with E-state index < -0.39 is 0 Å². The van der Waals surface area contributed by atoms with Gasteiger partial charge in [-0.1, -0.05) is 25.1 Å². The molecule has 0 aliphatic carbocycles. The van der Waals surface area contributed by atoms with Gasteiger partial charge in [0.1, 0.15) is 0 Å². The maximum absolute atomic E-state index is 9.00. The topological polar surface area (TPSA) is 62.0 Å². The van der Waals surface area contributed by atoms with Crippen molar-refractivity contribution in [2.24, 2.45) is 5.73 Å². The SMILES string of the molecule is CCN.Oc1cc2ccccc2[nH]1. The van der Waals surface area contributed by atoms with Crippen LogP contribution >= 0.6 is 0 Å². The Hall–Kier alpha value is -1.48. The number of hydrogen-bond acceptors (Lipinski definition) is 2. The molecular weight excluding hydrogens is 164 g/mol. The van der Waals surface area contributed by atoms with Crippen molar-refractivity contribution in [3.8, 4) is 5.88 Å². The molecule has 0 saturated heterocycles. The second-order valence-corrected chi connectivity index (χ2v) is 2.65. The summed E-state index contributed by atoms with van der Waals surface area (Å²) >= 11 is 0. The number of aromatic hydroxyl groups is 1. The first kappa shape index (κ1) is 9.61. The van der Waals surface area contributed by atoms with Crippen LogP contribution < -0.4 is 5.73 Å². The molecule has 0 radical (unpaired) electrons. The van der Waals surface area contributed by atoms with Crippen molar-refractivity contribution in [2.75, 3.05) is 6.54 Å². The van der Waals surface area contributed by atoms with Crippen molar-refractivity contribution in [1.29, 1.82) is 0 Å². The normalized spacial score (nSPS) is 9.38. The van der Waals surface area contributed by atoms with Gasteiger partial charge >= 0.3 is 0 Å². The number of aromatic nitrogens is 1. The van der Waals surface area contributed by atoms with E-state index in [-0.39, 0.29) is 5.88 Å². The Labute approximate surface area is 77.2 Å². The van der Waals surface area contributed by atoms with E-state index in [2.05, 4.69) is 4.98 Å². The van der Waals surface area contributed by atoms with Crippen molar-refractivity contribution in [3.05, 3.63) is 30.3 Å². The van der Waals surface area contributed by atoms with Crippen LogP contribution in [0.15, 0.2) is 30.3 Å². The third kappa shape index (κ3) is 2.49. The highest BCUT2D eigenvalue weighted by Crippen LogP contribution is 2.17. The zero-order valence-electron chi connectivity index (χ0n) is 7.62. The maximum Gasteiger partial charge on any atom is 0.189 e. The molecule has 0 amide bonds. The Kier molecular flexibility index (Phi) is 3.34. The lowest BCUT2D eigenvalue weighted by atomic mass is 10.3. The van der Waals surface area contributed by atoms with Crippen molar-refractivity contribution in [1.82, 2.24) is 4.98 Å². The van der Waals surface area contributed by atoms with Crippen LogP contribution in [-0.4, -0.2) is 16.6 Å². The Morgan fingerprint density at radius 3 is 2.62 bits per heavy atom. The monoisotopic (exact) mass is 178 g/mol. The number of aromatic amines is 1. The maximum atomic E-state index is 9.00. The quantitative estimate of drug-likeness (QED) is 0.576. The molecule has 1 aromatic heterocycles. The van der Waals surface area contributed by atoms with E-state index in [1.807, 2.05) is 31.2 Å². The van der Waals surface area contributed by atoms with Crippen LogP contribution in [-0.2, 0) is 0 Å². The Balaban J connectivity index is 0.000000251. The second-order valence-electron chi connectivity index (χ2n) is 2.65. The number of nitrogens with one attached hydrogen (secondary N) is 1. The average Bonchev–Trinajstić information content (AvgIpc) is 2.45. The molecule has 2 rings (SSSR count). The fourth-order valence-corrected chi connectivity index (χ4v) is 1.06. The molecule has 0 fully saturated rings. The number of hydrogen-bond donors (Lipinski definition) is 3. The zero-order chi connectivity index (χ0) is 9.68. The van der Waals surface area contributed by atoms with E-state index in [1.165, 1.54) is 0 Å². The highest BCUT2D eigenvalue weighted by atomic mass is 16.3. The molecule has 0 bridgehead atoms. The van der Waals surface area contributed by atoms with Crippen molar-refractivity contribution in [2.45, 2.75) is 6.92 Å². The highest BCUT2D eigenvalue weighted by Gasteiger charge is 1.94. The summed E-state index contributed by atoms with van der Waals surface area (Å²) in [5, 5.41) is 10.0. The minimum atomic E-state index is 0.223. The van der Waals surface area contributed by atoms with Gasteiger partial charge in [0.05, 0.1) is 0 Å². The lowest BCUT2D eigenvalue weighted by Gasteiger charge is -1.83. The number of benzene rings is 1. The first-order valence-corrected chi connectivity index (χ1v) is 4.24. The predicted molar refractivity (Wildman–Crippen MR) is 54.7 cm³/mol. The van der Waals surface area contributed by atoms with Gasteiger partial charge in [0, 0.05) is 17.0 Å². The van der Waals surface area contributed by atoms with E-state index in [0.29, 0.717) is 0 Å². The minimum absolute atomic E-state index is 0.223. The molecule has 1 aromatic carbocycles. The van der Waals surface area contributed by atoms with E-state index in [1.54, 1.807) is 6.07 Å². The van der Waals surface area contributed by atoms with E-state index in [9.17, 15) is 0 Å². The third-order valence-corrected chi connectivity index (χ3v) is 1.52. The smallest absolute Gasteiger partial charge is 0.189 e. The molecule has 3 nitrogen and oxygen atoms in total. The molecule has 0 atom stereocenters. The summed E-state index contributed by atoms with van der Waals surface area (Å²) in [6, 6.07) is 9.45. The number of H-pyrrole nitrogens is 1. The first-order chi connectivity index (χ1) is 6.27. The molecule has 0 aliphatic rings. The van der Waals surface area contributed by atoms with Gasteiger partial charge in [-0.3, -0.25) is 0 Å². The molecular formula is C10H14N2O. The zero-order valence-corrected chi connectivity index (χ0v) is 7.62. The van der Waals surface area contributed by atoms with Gasteiger partial charge in [-0.25, -0.2) is 0 Å². The highest BCUT2D eigenvalue weighted by molar-refractivity contribution is 5.80. The van der Waals surface area contributed by atoms with Crippen molar-refractivity contribution >= 4 is 10.9 Å². The predicted octanol–water partition coefficient (Wildman–Crippen LogP) is 1.84. The van der Waals surface area contributed by atoms with Gasteiger partial charge in [0.25, 0.3) is 0 Å². The fraction of sp³-hybridized carbons (Fsp3) is 0.200. The molecule has 0 spiro atoms. The standard InChI is InChI=1S/C8H7NO.C2H7N/c10-8-5-6-3-1-2-4-7(6)9-8;1-2-3/h1-5,9-10H;2-3H2,1H3. The summed E-state index contributed by atoms with van der Waals surface area (Å²) in [6.45, 7) is 2.65. The molecule has 0 saturated carbocycles. The van der Waals surface area contributed by atoms with Crippen LogP contribution in [0.25, 0.3) is 10.9 Å². The van der Waals surface area contributed by atoms with E-state index >= 15 is 0 Å². The second kappa shape index (κ2) is 4.52. The van der Waals surface area contributed by atoms with Crippen LogP contribution in [0, 0.1) is 0 Å². The summed E-state index contributed by atoms with van der Waals surface area (Å²) in [5.74, 6) is 0.223. The molecule has 2 aromatic rings. The lowest BCUT2D eigenvalue weighted by molar-refractivity contribution is 0.458. The van der Waals surface area contributed by atoms with E-state index in [0.717, 1.165) is 17.4 Å². The molecule has 13 heavy (non-hydrogen) atoms. The van der Waals surface area contributed by atoms with Gasteiger partial charge < -0.3 is 15.8 Å². The summed E-state index contributed by atoms with van der Waals surface area (Å²) in [6.07, 6.45) is 0. The summed E-state index contributed by atoms with van der Waals surface area (Å²) < 4.78 is 0. The number of rotatable bonds is 0. The molecule has 4 N–H and O–H groups in total. The van der Waals surface area contributed by atoms with Crippen LogP contribution in [0.2, 0.25) is 0 Å². The van der Waals surface area contributed by atoms with E-state index in [4.69, 9.17) is 10.8 Å². The summed E-state index contributed by atoms with van der Waals surface area (Å²) in [7, 11) is 0. The van der Waals surface area contributed by atoms with Gasteiger partial charge in [0.2, 0.25) is 0 Å². The molecule has 70 valence electrons. The average molecular weight is 178 g/mol. The number of para-hydroxylation sites is 1. The fourth-order valence-electron chi connectivity index (χ4n) is 1.06. The minimum Gasteiger partial charge on any atom is -0.495 e. The third-order valence-electron chi connectivity index (χ3n) is 1.52. The summed E-state index contributed by atoms with van der Waals surface area (Å²) in [4.78, 5) is 2.81. The van der Waals surface area contributed by atoms with Gasteiger partial charge in [-0.15, -0.1) is 0 Å². The molecule has 1 heterocycles. The molecule has 3 heteroatoms. The van der Waals surface area contributed by atoms with Crippen LogP contribution in [0.3, 0.4) is 0 Å². The molecule has 0 aliphatic heterocycles. The Morgan fingerprint density at radius 2 is 2.00 bits per heavy atom. The largest absolute Gasteiger partial charge is 0.495 e. The number of nitrogens with two attached hydrogens (primary N) is 1. The van der Waals surface area contributed by atoms with Gasteiger partial charge in [0.15, 0.2) is 5.88 Å².